The van der Waals surface area contributed by atoms with Crippen molar-refractivity contribution in [1.82, 2.24) is 14.8 Å². The van der Waals surface area contributed by atoms with Crippen molar-refractivity contribution >= 4 is 34.9 Å². The summed E-state index contributed by atoms with van der Waals surface area (Å²) in [6.07, 6.45) is 2.79. The van der Waals surface area contributed by atoms with E-state index in [1.165, 1.54) is 4.90 Å². The lowest BCUT2D eigenvalue weighted by molar-refractivity contribution is -0.119. The number of halogens is 1. The third-order valence-corrected chi connectivity index (χ3v) is 6.81. The number of ether oxygens (including phenoxy) is 1. The molecule has 9 heteroatoms. The number of urea groups is 1. The molecule has 0 bridgehead atoms. The Bertz CT molecular complexity index is 1060. The highest BCUT2D eigenvalue weighted by Gasteiger charge is 2.40. The standard InChI is InChI=1S/C25H32ClN5O3/c1-25(2)15-30(3)10-9-16-11-19(13-27-22(16)25)28-23(32)21-12-20(34-4)14-31(21)24(33)29-18-7-5-17(26)6-8-18/h5-8,11,13,20-21H,9-10,12,14-15H2,1-4H3,(H,28,32)(H,29,33)/t20-,21-/m1/s1. The number of rotatable bonds is 4. The molecule has 0 radical (unpaired) electrons. The normalized spacial score (nSPS) is 22.1. The average molecular weight is 486 g/mol. The molecule has 2 aromatic rings. The van der Waals surface area contributed by atoms with E-state index in [0.717, 1.165) is 30.8 Å². The number of nitrogens with one attached hydrogen (secondary N) is 2. The summed E-state index contributed by atoms with van der Waals surface area (Å²) in [5.41, 5.74) is 3.39. The van der Waals surface area contributed by atoms with Gasteiger partial charge in [0.1, 0.15) is 6.04 Å². The first-order valence-corrected chi connectivity index (χ1v) is 11.9. The van der Waals surface area contributed by atoms with Crippen LogP contribution in [0.3, 0.4) is 0 Å². The number of methoxy groups -OCH3 is 1. The number of amides is 3. The van der Waals surface area contributed by atoms with Crippen LogP contribution in [0.1, 0.15) is 31.5 Å². The van der Waals surface area contributed by atoms with Gasteiger partial charge < -0.3 is 25.2 Å². The SMILES string of the molecule is CO[C@@H]1C[C@H](C(=O)Nc2cnc3c(c2)CCN(C)CC3(C)C)N(C(=O)Nc2ccc(Cl)cc2)C1. The highest BCUT2D eigenvalue weighted by Crippen LogP contribution is 2.31. The van der Waals surface area contributed by atoms with Crippen molar-refractivity contribution in [1.29, 1.82) is 0 Å². The lowest BCUT2D eigenvalue weighted by Gasteiger charge is -2.27. The zero-order valence-electron chi connectivity index (χ0n) is 20.1. The second kappa shape index (κ2) is 9.90. The number of hydrogen-bond acceptors (Lipinski definition) is 5. The number of likely N-dealkylation sites (N-methyl/N-ethyl adjacent to an activating group) is 1. The first-order chi connectivity index (χ1) is 16.2. The van der Waals surface area contributed by atoms with E-state index in [-0.39, 0.29) is 23.5 Å². The predicted octanol–water partition coefficient (Wildman–Crippen LogP) is 3.76. The average Bonchev–Trinajstić information content (AvgIpc) is 3.19. The van der Waals surface area contributed by atoms with Crippen molar-refractivity contribution < 1.29 is 14.3 Å². The number of pyridine rings is 1. The van der Waals surface area contributed by atoms with Gasteiger partial charge in [-0.3, -0.25) is 9.78 Å². The molecule has 2 N–H and O–H groups in total. The van der Waals surface area contributed by atoms with Gasteiger partial charge in [0.05, 0.1) is 23.7 Å². The summed E-state index contributed by atoms with van der Waals surface area (Å²) < 4.78 is 5.47. The fourth-order valence-corrected chi connectivity index (χ4v) is 5.04. The zero-order valence-corrected chi connectivity index (χ0v) is 20.9. The van der Waals surface area contributed by atoms with Gasteiger partial charge in [0.25, 0.3) is 0 Å². The summed E-state index contributed by atoms with van der Waals surface area (Å²) in [5.74, 6) is -0.252. The maximum absolute atomic E-state index is 13.3. The third-order valence-electron chi connectivity index (χ3n) is 6.56. The van der Waals surface area contributed by atoms with Crippen molar-refractivity contribution in [2.45, 2.75) is 44.2 Å². The molecule has 4 rings (SSSR count). The number of anilines is 2. The molecule has 3 amide bonds. The Morgan fingerprint density at radius 2 is 1.91 bits per heavy atom. The van der Waals surface area contributed by atoms with Crippen LogP contribution in [-0.4, -0.2) is 72.7 Å². The topological polar surface area (TPSA) is 86.8 Å². The summed E-state index contributed by atoms with van der Waals surface area (Å²) in [6.45, 7) is 6.58. The third kappa shape index (κ3) is 5.35. The van der Waals surface area contributed by atoms with E-state index >= 15 is 0 Å². The number of nitrogens with zero attached hydrogens (tertiary/aromatic N) is 3. The Balaban J connectivity index is 1.49. The molecule has 0 saturated carbocycles. The molecule has 3 heterocycles. The maximum Gasteiger partial charge on any atom is 0.322 e. The first kappa shape index (κ1) is 24.4. The van der Waals surface area contributed by atoms with Gasteiger partial charge >= 0.3 is 6.03 Å². The Morgan fingerprint density at radius 3 is 2.62 bits per heavy atom. The molecule has 2 atom stereocenters. The predicted molar refractivity (Wildman–Crippen MR) is 133 cm³/mol. The fourth-order valence-electron chi connectivity index (χ4n) is 4.91. The number of fused-ring (bicyclic) bond motifs is 1. The zero-order chi connectivity index (χ0) is 24.5. The number of carbonyl (C=O) groups is 2. The van der Waals surface area contributed by atoms with Crippen LogP contribution in [-0.2, 0) is 21.4 Å². The summed E-state index contributed by atoms with van der Waals surface area (Å²) in [5, 5.41) is 6.41. The molecule has 182 valence electrons. The Morgan fingerprint density at radius 1 is 1.18 bits per heavy atom. The molecule has 34 heavy (non-hydrogen) atoms. The lowest BCUT2D eigenvalue weighted by atomic mass is 9.86. The summed E-state index contributed by atoms with van der Waals surface area (Å²) >= 11 is 5.93. The van der Waals surface area contributed by atoms with Gasteiger partial charge in [-0.05, 0) is 49.4 Å². The summed E-state index contributed by atoms with van der Waals surface area (Å²) in [7, 11) is 3.71. The number of hydrogen-bond donors (Lipinski definition) is 2. The number of benzene rings is 1. The van der Waals surface area contributed by atoms with E-state index in [9.17, 15) is 9.59 Å². The van der Waals surface area contributed by atoms with E-state index in [1.54, 1.807) is 37.6 Å². The van der Waals surface area contributed by atoms with Gasteiger partial charge in [0.15, 0.2) is 0 Å². The van der Waals surface area contributed by atoms with Crippen LogP contribution in [0.25, 0.3) is 0 Å². The molecule has 8 nitrogen and oxygen atoms in total. The highest BCUT2D eigenvalue weighted by molar-refractivity contribution is 6.30. The van der Waals surface area contributed by atoms with E-state index < -0.39 is 6.04 Å². The molecular formula is C25H32ClN5O3. The van der Waals surface area contributed by atoms with Crippen molar-refractivity contribution in [2.75, 3.05) is 44.4 Å². The van der Waals surface area contributed by atoms with Crippen molar-refractivity contribution in [3.05, 3.63) is 52.8 Å². The molecule has 0 aliphatic carbocycles. The van der Waals surface area contributed by atoms with Gasteiger partial charge in [0, 0.05) is 49.3 Å². The second-order valence-electron chi connectivity index (χ2n) is 9.79. The minimum Gasteiger partial charge on any atom is -0.380 e. The van der Waals surface area contributed by atoms with E-state index in [4.69, 9.17) is 21.3 Å². The van der Waals surface area contributed by atoms with Gasteiger partial charge in [-0.2, -0.15) is 0 Å². The van der Waals surface area contributed by atoms with Crippen LogP contribution in [0, 0.1) is 0 Å². The van der Waals surface area contributed by atoms with E-state index in [1.807, 2.05) is 6.07 Å². The Kier molecular flexibility index (Phi) is 7.12. The van der Waals surface area contributed by atoms with Crippen LogP contribution in [0.15, 0.2) is 36.5 Å². The van der Waals surface area contributed by atoms with Crippen LogP contribution < -0.4 is 10.6 Å². The summed E-state index contributed by atoms with van der Waals surface area (Å²) in [6, 6.07) is 7.85. The molecule has 0 unspecified atom stereocenters. The number of aromatic nitrogens is 1. The molecule has 1 aromatic carbocycles. The Hall–Kier alpha value is -2.68. The molecular weight excluding hydrogens is 454 g/mol. The molecule has 0 spiro atoms. The lowest BCUT2D eigenvalue weighted by Crippen LogP contribution is -2.45. The number of carbonyl (C=O) groups excluding carboxylic acids is 2. The van der Waals surface area contributed by atoms with Crippen LogP contribution in [0.2, 0.25) is 5.02 Å². The molecule has 1 aromatic heterocycles. The van der Waals surface area contributed by atoms with Gasteiger partial charge in [0.2, 0.25) is 5.91 Å². The highest BCUT2D eigenvalue weighted by atomic mass is 35.5. The smallest absolute Gasteiger partial charge is 0.322 e. The van der Waals surface area contributed by atoms with Crippen molar-refractivity contribution in [3.63, 3.8) is 0 Å². The van der Waals surface area contributed by atoms with Gasteiger partial charge in [-0.25, -0.2) is 4.79 Å². The fraction of sp³-hybridized carbons (Fsp3) is 0.480. The Labute approximate surface area is 205 Å². The molecule has 1 fully saturated rings. The van der Waals surface area contributed by atoms with Crippen LogP contribution >= 0.6 is 11.6 Å². The number of likely N-dealkylation sites (tertiary alicyclic amines) is 1. The largest absolute Gasteiger partial charge is 0.380 e. The molecule has 2 aliphatic heterocycles. The second-order valence-corrected chi connectivity index (χ2v) is 10.2. The van der Waals surface area contributed by atoms with Crippen LogP contribution in [0.5, 0.6) is 0 Å². The molecule has 1 saturated heterocycles. The quantitative estimate of drug-likeness (QED) is 0.688. The monoisotopic (exact) mass is 485 g/mol. The summed E-state index contributed by atoms with van der Waals surface area (Å²) in [4.78, 5) is 34.8. The van der Waals surface area contributed by atoms with Gasteiger partial charge in [-0.1, -0.05) is 25.4 Å². The molecule has 2 aliphatic rings. The first-order valence-electron chi connectivity index (χ1n) is 11.5. The minimum absolute atomic E-state index is 0.0726. The maximum atomic E-state index is 13.3. The van der Waals surface area contributed by atoms with E-state index in [2.05, 4.69) is 36.4 Å². The van der Waals surface area contributed by atoms with Crippen LogP contribution in [0.4, 0.5) is 16.2 Å². The van der Waals surface area contributed by atoms with Crippen molar-refractivity contribution in [2.24, 2.45) is 0 Å². The van der Waals surface area contributed by atoms with Gasteiger partial charge in [-0.15, -0.1) is 0 Å². The minimum atomic E-state index is -0.654. The van der Waals surface area contributed by atoms with Crippen molar-refractivity contribution in [3.8, 4) is 0 Å². The van der Waals surface area contributed by atoms with E-state index in [0.29, 0.717) is 29.4 Å².